The Morgan fingerprint density at radius 3 is 2.34 bits per heavy atom. The summed E-state index contributed by atoms with van der Waals surface area (Å²) in [7, 11) is 1.86. The number of hydrogen-bond acceptors (Lipinski definition) is 5. The Balaban J connectivity index is 1.78. The van der Waals surface area contributed by atoms with Crippen LogP contribution in [0.2, 0.25) is 0 Å². The largest absolute Gasteiger partial charge is 0.373 e. The molecule has 0 fully saturated rings. The third-order valence-corrected chi connectivity index (χ3v) is 5.07. The van der Waals surface area contributed by atoms with Gasteiger partial charge in [0.15, 0.2) is 5.82 Å². The van der Waals surface area contributed by atoms with Crippen LogP contribution in [-0.2, 0) is 5.41 Å². The first-order valence-corrected chi connectivity index (χ1v) is 9.44. The molecule has 1 N–H and O–H groups in total. The predicted molar refractivity (Wildman–Crippen MR) is 116 cm³/mol. The van der Waals surface area contributed by atoms with E-state index in [4.69, 9.17) is 4.98 Å². The highest BCUT2D eigenvalue weighted by atomic mass is 15.0. The van der Waals surface area contributed by atoms with Gasteiger partial charge in [-0.05, 0) is 54.8 Å². The molecule has 2 aromatic carbocycles. The number of nitrogens with zero attached hydrogens (tertiary/aromatic N) is 4. The molecule has 5 nitrogen and oxygen atoms in total. The van der Waals surface area contributed by atoms with Crippen LogP contribution < -0.4 is 5.32 Å². The summed E-state index contributed by atoms with van der Waals surface area (Å²) in [4.78, 5) is 13.6. The van der Waals surface area contributed by atoms with Crippen LogP contribution in [0.5, 0.6) is 0 Å². The number of nitriles is 1. The van der Waals surface area contributed by atoms with Crippen LogP contribution in [0.3, 0.4) is 0 Å². The third kappa shape index (κ3) is 3.53. The monoisotopic (exact) mass is 379 g/mol. The Labute approximate surface area is 170 Å². The molecule has 2 heterocycles. The molecule has 0 unspecified atom stereocenters. The molecule has 0 saturated heterocycles. The van der Waals surface area contributed by atoms with E-state index < -0.39 is 5.41 Å². The Morgan fingerprint density at radius 2 is 1.69 bits per heavy atom. The van der Waals surface area contributed by atoms with Crippen molar-refractivity contribution in [3.63, 3.8) is 0 Å². The van der Waals surface area contributed by atoms with Crippen molar-refractivity contribution in [2.24, 2.45) is 0 Å². The summed E-state index contributed by atoms with van der Waals surface area (Å²) >= 11 is 0. The van der Waals surface area contributed by atoms with Crippen molar-refractivity contribution >= 4 is 16.7 Å². The number of benzene rings is 2. The van der Waals surface area contributed by atoms with E-state index in [-0.39, 0.29) is 0 Å². The van der Waals surface area contributed by atoms with Gasteiger partial charge in [0.2, 0.25) is 0 Å². The van der Waals surface area contributed by atoms with E-state index in [9.17, 15) is 5.26 Å². The van der Waals surface area contributed by atoms with Crippen LogP contribution in [0.4, 0.5) is 5.82 Å². The molecule has 0 bridgehead atoms. The van der Waals surface area contributed by atoms with Crippen LogP contribution in [0.15, 0.2) is 67.0 Å². The Kier molecular flexibility index (Phi) is 4.69. The zero-order valence-corrected chi connectivity index (χ0v) is 16.6. The van der Waals surface area contributed by atoms with Gasteiger partial charge in [-0.15, -0.1) is 0 Å². The lowest BCUT2D eigenvalue weighted by atomic mass is 9.85. The molecule has 0 saturated carbocycles. The molecule has 0 radical (unpaired) electrons. The van der Waals surface area contributed by atoms with Crippen molar-refractivity contribution < 1.29 is 0 Å². The summed E-state index contributed by atoms with van der Waals surface area (Å²) in [6.07, 6.45) is 3.50. The Bertz CT molecular complexity index is 1210. The molecule has 0 aliphatic rings. The number of rotatable bonds is 4. The van der Waals surface area contributed by atoms with E-state index in [1.54, 1.807) is 12.4 Å². The number of hydrogen-bond donors (Lipinski definition) is 1. The van der Waals surface area contributed by atoms with Crippen LogP contribution in [0, 0.1) is 11.3 Å². The first kappa shape index (κ1) is 18.6. The molecule has 142 valence electrons. The highest BCUT2D eigenvalue weighted by molar-refractivity contribution is 5.93. The maximum atomic E-state index is 9.34. The number of anilines is 1. The Hall–Kier alpha value is -3.78. The van der Waals surface area contributed by atoms with Crippen LogP contribution in [0.1, 0.15) is 19.4 Å². The maximum absolute atomic E-state index is 9.34. The van der Waals surface area contributed by atoms with E-state index in [1.807, 2.05) is 51.2 Å². The molecular formula is C24H21N5. The van der Waals surface area contributed by atoms with Crippen LogP contribution in [0.25, 0.3) is 33.4 Å². The average molecular weight is 379 g/mol. The van der Waals surface area contributed by atoms with Crippen molar-refractivity contribution in [1.82, 2.24) is 15.0 Å². The minimum atomic E-state index is -0.502. The summed E-state index contributed by atoms with van der Waals surface area (Å²) in [6.45, 7) is 3.85. The number of nitrogens with one attached hydrogen (secondary N) is 1. The van der Waals surface area contributed by atoms with Gasteiger partial charge in [-0.25, -0.2) is 9.97 Å². The first-order chi connectivity index (χ1) is 14.0. The van der Waals surface area contributed by atoms with Gasteiger partial charge in [-0.1, -0.05) is 30.3 Å². The standard InChI is InChI=1S/C24H21N5/c1-24(2,15-25)19-9-6-16(7-10-19)17-8-11-21-20(13-17)23(26-3)29-22(28-21)18-5-4-12-27-14-18/h4-14H,1-3H3,(H,26,28,29). The molecule has 0 spiro atoms. The van der Waals surface area contributed by atoms with E-state index in [1.165, 1.54) is 0 Å². The van der Waals surface area contributed by atoms with E-state index in [2.05, 4.69) is 45.6 Å². The molecule has 0 aliphatic heterocycles. The predicted octanol–water partition coefficient (Wildman–Crippen LogP) is 5.20. The quantitative estimate of drug-likeness (QED) is 0.527. The van der Waals surface area contributed by atoms with Gasteiger partial charge in [-0.3, -0.25) is 4.98 Å². The minimum Gasteiger partial charge on any atom is -0.373 e. The van der Waals surface area contributed by atoms with Gasteiger partial charge in [0.1, 0.15) is 5.82 Å². The molecule has 0 amide bonds. The summed E-state index contributed by atoms with van der Waals surface area (Å²) in [5.41, 5.74) is 4.41. The first-order valence-electron chi connectivity index (χ1n) is 9.44. The van der Waals surface area contributed by atoms with E-state index in [0.29, 0.717) is 5.82 Å². The summed E-state index contributed by atoms with van der Waals surface area (Å²) in [6, 6.07) is 20.5. The molecule has 29 heavy (non-hydrogen) atoms. The van der Waals surface area contributed by atoms with Crippen molar-refractivity contribution in [1.29, 1.82) is 5.26 Å². The zero-order chi connectivity index (χ0) is 20.4. The van der Waals surface area contributed by atoms with Gasteiger partial charge in [0, 0.05) is 30.4 Å². The fraction of sp³-hybridized carbons (Fsp3) is 0.167. The lowest BCUT2D eigenvalue weighted by Crippen LogP contribution is -2.13. The third-order valence-electron chi connectivity index (χ3n) is 5.07. The fourth-order valence-electron chi connectivity index (χ4n) is 3.27. The van der Waals surface area contributed by atoms with E-state index >= 15 is 0 Å². The highest BCUT2D eigenvalue weighted by Gasteiger charge is 2.19. The molecule has 4 aromatic rings. The average Bonchev–Trinajstić information content (AvgIpc) is 2.78. The SMILES string of the molecule is CNc1nc(-c2cccnc2)nc2ccc(-c3ccc(C(C)(C)C#N)cc3)cc12. The lowest BCUT2D eigenvalue weighted by molar-refractivity contribution is 0.687. The van der Waals surface area contributed by atoms with Crippen molar-refractivity contribution in [2.75, 3.05) is 12.4 Å². The summed E-state index contributed by atoms with van der Waals surface area (Å²) in [5, 5.41) is 13.5. The topological polar surface area (TPSA) is 74.5 Å². The molecule has 5 heteroatoms. The normalized spacial score (nSPS) is 11.2. The van der Waals surface area contributed by atoms with E-state index in [0.717, 1.165) is 39.0 Å². The summed E-state index contributed by atoms with van der Waals surface area (Å²) < 4.78 is 0. The van der Waals surface area contributed by atoms with Crippen molar-refractivity contribution in [3.8, 4) is 28.6 Å². The summed E-state index contributed by atoms with van der Waals surface area (Å²) in [5.74, 6) is 1.42. The molecule has 0 atom stereocenters. The number of fused-ring (bicyclic) bond motifs is 1. The van der Waals surface area contributed by atoms with Crippen LogP contribution in [-0.4, -0.2) is 22.0 Å². The lowest BCUT2D eigenvalue weighted by Gasteiger charge is -2.16. The highest BCUT2D eigenvalue weighted by Crippen LogP contribution is 2.31. The molecule has 4 rings (SSSR count). The second kappa shape index (κ2) is 7.33. The van der Waals surface area contributed by atoms with Gasteiger partial charge < -0.3 is 5.32 Å². The minimum absolute atomic E-state index is 0.502. The number of aromatic nitrogens is 3. The van der Waals surface area contributed by atoms with Gasteiger partial charge in [0.25, 0.3) is 0 Å². The second-order valence-electron chi connectivity index (χ2n) is 7.43. The van der Waals surface area contributed by atoms with Gasteiger partial charge >= 0.3 is 0 Å². The fourth-order valence-corrected chi connectivity index (χ4v) is 3.27. The van der Waals surface area contributed by atoms with Gasteiger partial charge in [0.05, 0.1) is 17.0 Å². The molecule has 2 aromatic heterocycles. The number of pyridine rings is 1. The van der Waals surface area contributed by atoms with Crippen LogP contribution >= 0.6 is 0 Å². The zero-order valence-electron chi connectivity index (χ0n) is 16.6. The Morgan fingerprint density at radius 1 is 0.931 bits per heavy atom. The smallest absolute Gasteiger partial charge is 0.163 e. The second-order valence-corrected chi connectivity index (χ2v) is 7.43. The van der Waals surface area contributed by atoms with Crippen molar-refractivity contribution in [2.45, 2.75) is 19.3 Å². The van der Waals surface area contributed by atoms with Gasteiger partial charge in [-0.2, -0.15) is 5.26 Å². The molecular weight excluding hydrogens is 358 g/mol. The maximum Gasteiger partial charge on any atom is 0.163 e. The van der Waals surface area contributed by atoms with Crippen molar-refractivity contribution in [3.05, 3.63) is 72.6 Å². The molecule has 0 aliphatic carbocycles.